The van der Waals surface area contributed by atoms with Gasteiger partial charge in [0.25, 0.3) is 5.88 Å². The summed E-state index contributed by atoms with van der Waals surface area (Å²) in [5.41, 5.74) is 4.67. The maximum atomic E-state index is 6.91. The molecule has 2 aliphatic rings. The number of benzene rings is 4. The first-order valence-corrected chi connectivity index (χ1v) is 14.6. The fourth-order valence-electron chi connectivity index (χ4n) is 5.23. The number of para-hydroxylation sites is 4. The van der Waals surface area contributed by atoms with E-state index in [0.717, 1.165) is 11.4 Å². The molecule has 0 saturated carbocycles. The van der Waals surface area contributed by atoms with Crippen LogP contribution in [0.4, 0.5) is 22.7 Å². The number of nitrogens with zero attached hydrogens (tertiary/aromatic N) is 7. The predicted molar refractivity (Wildman–Crippen MR) is 167 cm³/mol. The van der Waals surface area contributed by atoms with Gasteiger partial charge in [0.1, 0.15) is 22.8 Å². The van der Waals surface area contributed by atoms with E-state index in [4.69, 9.17) is 24.0 Å². The summed E-state index contributed by atoms with van der Waals surface area (Å²) in [7, 11) is 0. The number of aromatic amines is 1. The number of aryl methyl sites for hydroxylation is 2. The van der Waals surface area contributed by atoms with Crippen LogP contribution in [-0.4, -0.2) is 27.5 Å². The second kappa shape index (κ2) is 11.0. The van der Waals surface area contributed by atoms with Crippen molar-refractivity contribution in [3.63, 3.8) is 0 Å². The number of hydrogen-bond acceptors (Lipinski definition) is 9. The quantitative estimate of drug-likeness (QED) is 0.200. The van der Waals surface area contributed by atoms with Crippen LogP contribution in [0.3, 0.4) is 0 Å². The number of rotatable bonds is 2. The second-order valence-corrected chi connectivity index (χ2v) is 10.7. The molecule has 1 atom stereocenters. The molecule has 0 bridgehead atoms. The molecular formula is C34H27N8O4+. The molecule has 226 valence electrons. The standard InChI is InChI=1S/C34H26N8O4/c1-22-30-32(41(39-22)24-13-5-3-6-14-24)45-34(21-43-28-19-11-9-17-26(28)35-37-30)44-29-20-12-10-18-27(29)36-38-31-23(2)40-42(33(31)46-34)25-15-7-4-8-16-25/h3-20H,21H2,1-2H3/p+1. The zero-order valence-corrected chi connectivity index (χ0v) is 24.9. The van der Waals surface area contributed by atoms with E-state index in [0.29, 0.717) is 51.5 Å². The van der Waals surface area contributed by atoms with Crippen molar-refractivity contribution in [2.45, 2.75) is 19.8 Å². The number of fused-ring (bicyclic) bond motifs is 4. The van der Waals surface area contributed by atoms with E-state index in [1.807, 2.05) is 105 Å². The molecule has 12 heteroatoms. The predicted octanol–water partition coefficient (Wildman–Crippen LogP) is 7.82. The van der Waals surface area contributed by atoms with E-state index in [9.17, 15) is 0 Å². The molecule has 6 aromatic rings. The Kier molecular flexibility index (Phi) is 6.52. The molecule has 0 aliphatic carbocycles. The van der Waals surface area contributed by atoms with Crippen molar-refractivity contribution in [1.29, 1.82) is 0 Å². The van der Waals surface area contributed by atoms with Crippen molar-refractivity contribution in [3.8, 4) is 34.6 Å². The van der Waals surface area contributed by atoms with Gasteiger partial charge in [0.05, 0.1) is 11.4 Å². The zero-order chi connectivity index (χ0) is 31.1. The molecule has 0 saturated heterocycles. The molecule has 2 aromatic heterocycles. The van der Waals surface area contributed by atoms with Crippen LogP contribution in [0.15, 0.2) is 130 Å². The van der Waals surface area contributed by atoms with E-state index < -0.39 is 5.97 Å². The molecule has 46 heavy (non-hydrogen) atoms. The van der Waals surface area contributed by atoms with Crippen LogP contribution in [0, 0.1) is 13.8 Å². The smallest absolute Gasteiger partial charge is 0.459 e. The molecule has 8 rings (SSSR count). The average Bonchev–Trinajstić information content (AvgIpc) is 3.59. The lowest BCUT2D eigenvalue weighted by atomic mass is 10.3. The zero-order valence-electron chi connectivity index (χ0n) is 24.9. The second-order valence-electron chi connectivity index (χ2n) is 10.7. The van der Waals surface area contributed by atoms with Gasteiger partial charge >= 0.3 is 11.9 Å². The SMILES string of the molecule is Cc1nn(-c2ccccc2)c2c1N=Nc1ccccc1OCC1(Oc3ccccc3N=Nc3c(C)[nH][n+](-c4ccccc4)c3O1)O2. The van der Waals surface area contributed by atoms with Gasteiger partial charge in [-0.2, -0.15) is 14.9 Å². The van der Waals surface area contributed by atoms with E-state index in [2.05, 4.69) is 25.6 Å². The molecule has 0 fully saturated rings. The first-order chi connectivity index (χ1) is 22.6. The van der Waals surface area contributed by atoms with Gasteiger partial charge in [0, 0.05) is 12.1 Å². The Balaban J connectivity index is 1.40. The number of nitrogens with one attached hydrogen (secondary N) is 1. The molecule has 4 heterocycles. The lowest BCUT2D eigenvalue weighted by molar-refractivity contribution is -0.665. The Labute approximate surface area is 263 Å². The minimum Gasteiger partial charge on any atom is -0.479 e. The fourth-order valence-corrected chi connectivity index (χ4v) is 5.23. The van der Waals surface area contributed by atoms with Crippen LogP contribution in [0.1, 0.15) is 11.4 Å². The summed E-state index contributed by atoms with van der Waals surface area (Å²) in [5, 5.41) is 26.5. The third-order valence-corrected chi connectivity index (χ3v) is 7.46. The summed E-state index contributed by atoms with van der Waals surface area (Å²) in [5.74, 6) is -0.620. The van der Waals surface area contributed by atoms with Crippen LogP contribution < -0.4 is 23.6 Å². The number of H-pyrrole nitrogens is 1. The van der Waals surface area contributed by atoms with Gasteiger partial charge in [0.2, 0.25) is 18.0 Å². The van der Waals surface area contributed by atoms with E-state index >= 15 is 0 Å². The van der Waals surface area contributed by atoms with Crippen LogP contribution in [0.2, 0.25) is 0 Å². The van der Waals surface area contributed by atoms with Gasteiger partial charge in [-0.15, -0.1) is 20.5 Å². The van der Waals surface area contributed by atoms with Crippen molar-refractivity contribution in [2.75, 3.05) is 6.61 Å². The molecule has 1 unspecified atom stereocenters. The number of aromatic nitrogens is 4. The highest BCUT2D eigenvalue weighted by atomic mass is 16.9. The Bertz CT molecular complexity index is 2120. The van der Waals surface area contributed by atoms with E-state index in [1.54, 1.807) is 27.6 Å². The van der Waals surface area contributed by atoms with Gasteiger partial charge < -0.3 is 18.9 Å². The Morgan fingerprint density at radius 3 is 2.07 bits per heavy atom. The van der Waals surface area contributed by atoms with Crippen LogP contribution in [0.5, 0.6) is 23.3 Å². The molecule has 1 spiro atoms. The Hall–Kier alpha value is -6.30. The first kappa shape index (κ1) is 27.3. The number of ether oxygens (including phenoxy) is 4. The van der Waals surface area contributed by atoms with Gasteiger partial charge in [-0.1, -0.05) is 60.7 Å². The lowest BCUT2D eigenvalue weighted by Gasteiger charge is -2.32. The lowest BCUT2D eigenvalue weighted by Crippen LogP contribution is -2.55. The highest BCUT2D eigenvalue weighted by molar-refractivity contribution is 5.58. The highest BCUT2D eigenvalue weighted by Crippen LogP contribution is 2.44. The fraction of sp³-hybridized carbons (Fsp3) is 0.118. The molecular weight excluding hydrogens is 584 g/mol. The summed E-state index contributed by atoms with van der Waals surface area (Å²) in [4.78, 5) is 0. The van der Waals surface area contributed by atoms with E-state index in [1.165, 1.54) is 0 Å². The van der Waals surface area contributed by atoms with Crippen LogP contribution in [0.25, 0.3) is 11.4 Å². The van der Waals surface area contributed by atoms with Crippen LogP contribution >= 0.6 is 0 Å². The van der Waals surface area contributed by atoms with Crippen LogP contribution in [-0.2, 0) is 0 Å². The Morgan fingerprint density at radius 2 is 1.30 bits per heavy atom. The number of azo groups is 2. The van der Waals surface area contributed by atoms with Crippen molar-refractivity contribution < 1.29 is 23.6 Å². The largest absolute Gasteiger partial charge is 0.479 e. The summed E-state index contributed by atoms with van der Waals surface area (Å²) in [6.45, 7) is 3.49. The first-order valence-electron chi connectivity index (χ1n) is 14.6. The Morgan fingerprint density at radius 1 is 0.674 bits per heavy atom. The minimum atomic E-state index is -1.97. The van der Waals surface area contributed by atoms with Crippen molar-refractivity contribution in [3.05, 3.63) is 121 Å². The number of hydrogen-bond donors (Lipinski definition) is 1. The molecule has 1 N–H and O–H groups in total. The maximum Gasteiger partial charge on any atom is 0.459 e. The third-order valence-electron chi connectivity index (χ3n) is 7.46. The average molecular weight is 612 g/mol. The molecule has 4 aromatic carbocycles. The summed E-state index contributed by atoms with van der Waals surface area (Å²) >= 11 is 0. The van der Waals surface area contributed by atoms with Crippen molar-refractivity contribution >= 4 is 22.7 Å². The van der Waals surface area contributed by atoms with Gasteiger partial charge in [-0.3, -0.25) is 0 Å². The minimum absolute atomic E-state index is 0.237. The maximum absolute atomic E-state index is 6.91. The third kappa shape index (κ3) is 4.81. The van der Waals surface area contributed by atoms with Gasteiger partial charge in [0.15, 0.2) is 11.4 Å². The summed E-state index contributed by atoms with van der Waals surface area (Å²) < 4.78 is 30.4. The normalized spacial score (nSPS) is 16.6. The monoisotopic (exact) mass is 611 g/mol. The highest BCUT2D eigenvalue weighted by Gasteiger charge is 2.48. The van der Waals surface area contributed by atoms with E-state index in [-0.39, 0.29) is 12.5 Å². The molecule has 0 radical (unpaired) electrons. The van der Waals surface area contributed by atoms with Gasteiger partial charge in [-0.05, 0) is 54.9 Å². The van der Waals surface area contributed by atoms with Gasteiger partial charge in [-0.25, -0.2) is 0 Å². The topological polar surface area (TPSA) is 124 Å². The van der Waals surface area contributed by atoms with Crippen molar-refractivity contribution in [2.24, 2.45) is 20.5 Å². The summed E-state index contributed by atoms with van der Waals surface area (Å²) in [6.07, 6.45) is 0. The molecule has 2 aliphatic heterocycles. The molecule has 12 nitrogen and oxygen atoms in total. The van der Waals surface area contributed by atoms with Crippen molar-refractivity contribution in [1.82, 2.24) is 14.9 Å². The molecule has 0 amide bonds. The summed E-state index contributed by atoms with van der Waals surface area (Å²) in [6, 6.07) is 33.9.